The quantitative estimate of drug-likeness (QED) is 0.396. The summed E-state index contributed by atoms with van der Waals surface area (Å²) in [5.41, 5.74) is 2.32. The number of carbonyl (C=O) groups is 1. The van der Waals surface area contributed by atoms with Crippen LogP contribution in [0.1, 0.15) is 30.9 Å². The van der Waals surface area contributed by atoms with Gasteiger partial charge in [0.15, 0.2) is 0 Å². The molecule has 2 N–H and O–H groups in total. The molecule has 2 saturated heterocycles. The standard InChI is InChI=1S/C24H28FN5O4/c1-15(34-17-3-4-20-19(7-17)18-5-6-33-10-16(18)8-27-20)21(29-26)9-28-23-11-24(12-23,13-25)30(14-23)22(31)32-2/h3-4,7-9,15H,5-6,10-14,26H2,1-2H3/b28-9?,29-21+/t15-,23?,24?/m1/s1. The fourth-order valence-electron chi connectivity index (χ4n) is 5.43. The highest BCUT2D eigenvalue weighted by molar-refractivity contribution is 6.32. The second-order valence-corrected chi connectivity index (χ2v) is 9.31. The molecule has 1 amide bonds. The molecule has 1 aromatic heterocycles. The molecule has 4 heterocycles. The van der Waals surface area contributed by atoms with Crippen LogP contribution in [0.5, 0.6) is 5.75 Å². The maximum atomic E-state index is 13.7. The van der Waals surface area contributed by atoms with Gasteiger partial charge in [0.2, 0.25) is 0 Å². The summed E-state index contributed by atoms with van der Waals surface area (Å²) in [5, 5.41) is 4.92. The van der Waals surface area contributed by atoms with E-state index < -0.39 is 29.9 Å². The predicted molar refractivity (Wildman–Crippen MR) is 125 cm³/mol. The molecule has 0 unspecified atom stereocenters. The SMILES string of the molecule is COC(=O)N1CC2(N=C/C(=N\N)[C@@H](C)Oc3ccc4ncc5c(c4c3)CCOC5)CC1(CF)C2. The zero-order valence-corrected chi connectivity index (χ0v) is 19.3. The zero-order chi connectivity index (χ0) is 23.9. The minimum atomic E-state index is -0.824. The molecule has 2 bridgehead atoms. The van der Waals surface area contributed by atoms with Crippen molar-refractivity contribution >= 4 is 28.9 Å². The molecular weight excluding hydrogens is 441 g/mol. The van der Waals surface area contributed by atoms with Crippen molar-refractivity contribution in [2.75, 3.05) is 26.9 Å². The third-order valence-corrected chi connectivity index (χ3v) is 7.13. The van der Waals surface area contributed by atoms with Crippen molar-refractivity contribution in [2.45, 2.75) is 50.0 Å². The molecule has 2 aromatic rings. The van der Waals surface area contributed by atoms with Gasteiger partial charge < -0.3 is 20.1 Å². The van der Waals surface area contributed by atoms with Crippen molar-refractivity contribution in [1.29, 1.82) is 0 Å². The van der Waals surface area contributed by atoms with Crippen LogP contribution in [0.15, 0.2) is 34.5 Å². The number of hydrazone groups is 1. The lowest BCUT2D eigenvalue weighted by molar-refractivity contribution is 0.0546. The maximum Gasteiger partial charge on any atom is 0.410 e. The minimum absolute atomic E-state index is 0.305. The van der Waals surface area contributed by atoms with Gasteiger partial charge in [0.1, 0.15) is 24.2 Å². The molecule has 6 rings (SSSR count). The van der Waals surface area contributed by atoms with E-state index in [4.69, 9.17) is 20.1 Å². The molecule has 1 saturated carbocycles. The number of hydrogen-bond donors (Lipinski definition) is 1. The van der Waals surface area contributed by atoms with Gasteiger partial charge in [0.05, 0.1) is 43.5 Å². The number of alkyl halides is 1. The first-order valence-electron chi connectivity index (χ1n) is 11.3. The van der Waals surface area contributed by atoms with Crippen molar-refractivity contribution in [3.63, 3.8) is 0 Å². The second-order valence-electron chi connectivity index (χ2n) is 9.31. The number of pyridine rings is 1. The van der Waals surface area contributed by atoms with E-state index in [0.29, 0.717) is 44.1 Å². The van der Waals surface area contributed by atoms with Crippen LogP contribution in [-0.4, -0.2) is 72.0 Å². The fourth-order valence-corrected chi connectivity index (χ4v) is 5.43. The molecule has 10 heteroatoms. The Balaban J connectivity index is 1.31. The van der Waals surface area contributed by atoms with Crippen LogP contribution >= 0.6 is 0 Å². The van der Waals surface area contributed by atoms with Crippen LogP contribution < -0.4 is 10.6 Å². The summed E-state index contributed by atoms with van der Waals surface area (Å²) in [6, 6.07) is 5.79. The number of methoxy groups -OCH3 is 1. The summed E-state index contributed by atoms with van der Waals surface area (Å²) in [4.78, 5) is 22.7. The molecule has 3 aliphatic heterocycles. The molecule has 0 spiro atoms. The maximum absolute atomic E-state index is 13.7. The summed E-state index contributed by atoms with van der Waals surface area (Å²) < 4.78 is 30.2. The first kappa shape index (κ1) is 22.5. The Kier molecular flexibility index (Phi) is 5.63. The van der Waals surface area contributed by atoms with Crippen LogP contribution in [0, 0.1) is 0 Å². The monoisotopic (exact) mass is 469 g/mol. The van der Waals surface area contributed by atoms with E-state index in [1.54, 1.807) is 6.21 Å². The van der Waals surface area contributed by atoms with Gasteiger partial charge in [-0.25, -0.2) is 9.18 Å². The number of nitrogens with zero attached hydrogens (tertiary/aromatic N) is 4. The largest absolute Gasteiger partial charge is 0.484 e. The third kappa shape index (κ3) is 3.66. The van der Waals surface area contributed by atoms with Crippen LogP contribution in [0.2, 0.25) is 0 Å². The number of amides is 1. The lowest BCUT2D eigenvalue weighted by Crippen LogP contribution is -2.54. The lowest BCUT2D eigenvalue weighted by atomic mass is 9.68. The first-order chi connectivity index (χ1) is 16.4. The summed E-state index contributed by atoms with van der Waals surface area (Å²) in [6.07, 6.45) is 4.18. The topological polar surface area (TPSA) is 112 Å². The van der Waals surface area contributed by atoms with Gasteiger partial charge in [-0.2, -0.15) is 5.10 Å². The van der Waals surface area contributed by atoms with E-state index in [2.05, 4.69) is 15.1 Å². The number of benzene rings is 1. The van der Waals surface area contributed by atoms with Crippen molar-refractivity contribution in [3.8, 4) is 5.75 Å². The summed E-state index contributed by atoms with van der Waals surface area (Å²) in [7, 11) is 1.30. The highest BCUT2D eigenvalue weighted by Gasteiger charge is 2.67. The normalized spacial score (nSPS) is 26.9. The lowest BCUT2D eigenvalue weighted by Gasteiger charge is -2.43. The van der Waals surface area contributed by atoms with E-state index in [1.165, 1.54) is 17.6 Å². The van der Waals surface area contributed by atoms with Crippen LogP contribution in [0.3, 0.4) is 0 Å². The van der Waals surface area contributed by atoms with Gasteiger partial charge in [-0.05, 0) is 42.7 Å². The van der Waals surface area contributed by atoms with Gasteiger partial charge >= 0.3 is 6.09 Å². The number of aliphatic imine (C=N–C) groups is 1. The predicted octanol–water partition coefficient (Wildman–Crippen LogP) is 2.78. The number of fused-ring (bicyclic) bond motifs is 4. The number of hydrogen-bond acceptors (Lipinski definition) is 8. The molecule has 4 aliphatic rings. The Hall–Kier alpha value is -3.27. The van der Waals surface area contributed by atoms with Crippen molar-refractivity contribution in [1.82, 2.24) is 9.88 Å². The van der Waals surface area contributed by atoms with Crippen molar-refractivity contribution in [2.24, 2.45) is 15.9 Å². The Bertz CT molecular complexity index is 1180. The first-order valence-corrected chi connectivity index (χ1v) is 11.3. The molecule has 34 heavy (non-hydrogen) atoms. The van der Waals surface area contributed by atoms with Crippen LogP contribution in [-0.2, 0) is 22.5 Å². The minimum Gasteiger partial charge on any atom is -0.484 e. The molecule has 3 fully saturated rings. The van der Waals surface area contributed by atoms with Crippen molar-refractivity contribution < 1.29 is 23.4 Å². The van der Waals surface area contributed by atoms with E-state index in [9.17, 15) is 9.18 Å². The fraction of sp³-hybridized carbons (Fsp3) is 0.500. The molecule has 1 aromatic carbocycles. The molecule has 180 valence electrons. The molecular formula is C24H28FN5O4. The number of carbonyl (C=O) groups excluding carboxylic acids is 1. The van der Waals surface area contributed by atoms with E-state index >= 15 is 0 Å². The Morgan fingerprint density at radius 3 is 3.00 bits per heavy atom. The van der Waals surface area contributed by atoms with Gasteiger partial charge in [0, 0.05) is 30.6 Å². The summed E-state index contributed by atoms with van der Waals surface area (Å²) in [6.45, 7) is 2.78. The third-order valence-electron chi connectivity index (χ3n) is 7.13. The van der Waals surface area contributed by atoms with Crippen molar-refractivity contribution in [3.05, 3.63) is 35.5 Å². The van der Waals surface area contributed by atoms with E-state index in [1.807, 2.05) is 31.3 Å². The summed E-state index contributed by atoms with van der Waals surface area (Å²) in [5.74, 6) is 6.32. The Morgan fingerprint density at radius 1 is 1.44 bits per heavy atom. The number of rotatable bonds is 6. The van der Waals surface area contributed by atoms with Gasteiger partial charge in [-0.1, -0.05) is 0 Å². The number of nitrogens with two attached hydrogens (primary N) is 1. The number of aromatic nitrogens is 1. The Labute approximate surface area is 196 Å². The van der Waals surface area contributed by atoms with Gasteiger partial charge in [-0.3, -0.25) is 14.9 Å². The zero-order valence-electron chi connectivity index (χ0n) is 19.3. The highest BCUT2D eigenvalue weighted by atomic mass is 19.1. The Morgan fingerprint density at radius 2 is 2.26 bits per heavy atom. The second kappa shape index (κ2) is 8.50. The molecule has 1 atom stereocenters. The molecule has 0 radical (unpaired) electrons. The van der Waals surface area contributed by atoms with E-state index in [0.717, 1.165) is 22.9 Å². The van der Waals surface area contributed by atoms with Gasteiger partial charge in [0.25, 0.3) is 0 Å². The smallest absolute Gasteiger partial charge is 0.410 e. The average Bonchev–Trinajstić information content (AvgIpc) is 3.35. The molecule has 1 aliphatic carbocycles. The van der Waals surface area contributed by atoms with E-state index in [-0.39, 0.29) is 0 Å². The van der Waals surface area contributed by atoms with Crippen LogP contribution in [0.25, 0.3) is 10.9 Å². The molecule has 9 nitrogen and oxygen atoms in total. The summed E-state index contributed by atoms with van der Waals surface area (Å²) >= 11 is 0. The number of halogens is 1. The average molecular weight is 470 g/mol. The highest BCUT2D eigenvalue weighted by Crippen LogP contribution is 2.56. The van der Waals surface area contributed by atoms with Gasteiger partial charge in [-0.15, -0.1) is 0 Å². The number of ether oxygens (including phenoxy) is 3. The van der Waals surface area contributed by atoms with Crippen LogP contribution in [0.4, 0.5) is 9.18 Å².